The zero-order chi connectivity index (χ0) is 21.7. The average Bonchev–Trinajstić information content (AvgIpc) is 2.70. The molecule has 1 fully saturated rings. The monoisotopic (exact) mass is 492 g/mol. The number of primary amides is 1. The summed E-state index contributed by atoms with van der Waals surface area (Å²) >= 11 is 9.60. The third-order valence-corrected chi connectivity index (χ3v) is 6.73. The number of ether oxygens (including phenoxy) is 1. The molecule has 1 heterocycles. The molecule has 0 aromatic heterocycles. The Balaban J connectivity index is 1.72. The molecular weight excluding hydrogens is 468 g/mol. The summed E-state index contributed by atoms with van der Waals surface area (Å²) < 4.78 is 6.96. The van der Waals surface area contributed by atoms with Crippen LogP contribution in [0.5, 0.6) is 5.75 Å². The molecule has 0 saturated carbocycles. The Kier molecular flexibility index (Phi) is 7.42. The standard InChI is InChI=1S/C23H26BrClN2O3/c1-16-11-18(7-8-20(16)25)30-15-23(13-21(26)28)9-4-10-27(14-23)22(29)12-17-5-2-3-6-19(17)24/h2-3,5-8,11H,4,9-10,12-15H2,1H3,(H2,26,28)/t23-/m1/s1. The van der Waals surface area contributed by atoms with Crippen molar-refractivity contribution < 1.29 is 14.3 Å². The zero-order valence-corrected chi connectivity index (χ0v) is 19.3. The number of aryl methyl sites for hydroxylation is 1. The van der Waals surface area contributed by atoms with Crippen LogP contribution >= 0.6 is 27.5 Å². The lowest BCUT2D eigenvalue weighted by molar-refractivity contribution is -0.136. The predicted octanol–water partition coefficient (Wildman–Crippen LogP) is 4.52. The van der Waals surface area contributed by atoms with E-state index in [1.54, 1.807) is 6.07 Å². The van der Waals surface area contributed by atoms with Crippen LogP contribution in [0.4, 0.5) is 0 Å². The number of piperidine rings is 1. The lowest BCUT2D eigenvalue weighted by Gasteiger charge is -2.42. The molecule has 0 spiro atoms. The smallest absolute Gasteiger partial charge is 0.227 e. The molecule has 2 aromatic rings. The van der Waals surface area contributed by atoms with E-state index in [4.69, 9.17) is 22.1 Å². The third-order valence-electron chi connectivity index (χ3n) is 5.54. The fraction of sp³-hybridized carbons (Fsp3) is 0.391. The first kappa shape index (κ1) is 22.6. The number of carbonyl (C=O) groups excluding carboxylic acids is 2. The molecule has 0 aliphatic carbocycles. The molecule has 1 aliphatic rings. The molecular formula is C23H26BrClN2O3. The normalized spacial score (nSPS) is 18.8. The maximum absolute atomic E-state index is 13.0. The van der Waals surface area contributed by atoms with Crippen molar-refractivity contribution in [3.8, 4) is 5.75 Å². The highest BCUT2D eigenvalue weighted by atomic mass is 79.9. The van der Waals surface area contributed by atoms with Gasteiger partial charge < -0.3 is 15.4 Å². The second kappa shape index (κ2) is 9.84. The van der Waals surface area contributed by atoms with E-state index in [1.165, 1.54) is 0 Å². The van der Waals surface area contributed by atoms with Crippen molar-refractivity contribution >= 4 is 39.3 Å². The van der Waals surface area contributed by atoms with E-state index < -0.39 is 5.41 Å². The Bertz CT molecular complexity index is 936. The van der Waals surface area contributed by atoms with Gasteiger partial charge in [0, 0.05) is 34.4 Å². The van der Waals surface area contributed by atoms with Gasteiger partial charge >= 0.3 is 0 Å². The van der Waals surface area contributed by atoms with Gasteiger partial charge in [-0.05, 0) is 55.2 Å². The van der Waals surface area contributed by atoms with Crippen molar-refractivity contribution in [3.63, 3.8) is 0 Å². The highest BCUT2D eigenvalue weighted by molar-refractivity contribution is 9.10. The summed E-state index contributed by atoms with van der Waals surface area (Å²) in [6, 6.07) is 13.2. The molecule has 0 unspecified atom stereocenters. The number of halogens is 2. The van der Waals surface area contributed by atoms with Gasteiger partial charge in [-0.3, -0.25) is 9.59 Å². The first-order valence-corrected chi connectivity index (χ1v) is 11.1. The molecule has 7 heteroatoms. The van der Waals surface area contributed by atoms with Crippen LogP contribution in [-0.2, 0) is 16.0 Å². The van der Waals surface area contributed by atoms with Crippen molar-refractivity contribution in [3.05, 3.63) is 63.1 Å². The number of amides is 2. The average molecular weight is 494 g/mol. The van der Waals surface area contributed by atoms with Crippen molar-refractivity contribution in [2.75, 3.05) is 19.7 Å². The van der Waals surface area contributed by atoms with Crippen molar-refractivity contribution in [1.82, 2.24) is 4.90 Å². The number of hydrogen-bond donors (Lipinski definition) is 1. The minimum atomic E-state index is -0.499. The van der Waals surface area contributed by atoms with Gasteiger partial charge in [-0.2, -0.15) is 0 Å². The summed E-state index contributed by atoms with van der Waals surface area (Å²) in [5.41, 5.74) is 6.93. The van der Waals surface area contributed by atoms with Crippen LogP contribution in [0.1, 0.15) is 30.4 Å². The van der Waals surface area contributed by atoms with Gasteiger partial charge in [0.05, 0.1) is 13.0 Å². The second-order valence-electron chi connectivity index (χ2n) is 8.03. The summed E-state index contributed by atoms with van der Waals surface area (Å²) in [7, 11) is 0. The highest BCUT2D eigenvalue weighted by Crippen LogP contribution is 2.35. The Morgan fingerprint density at radius 1 is 1.27 bits per heavy atom. The quantitative estimate of drug-likeness (QED) is 0.616. The van der Waals surface area contributed by atoms with Gasteiger partial charge in [-0.25, -0.2) is 0 Å². The molecule has 1 atom stereocenters. The van der Waals surface area contributed by atoms with E-state index in [9.17, 15) is 9.59 Å². The van der Waals surface area contributed by atoms with E-state index in [-0.39, 0.29) is 18.2 Å². The molecule has 1 saturated heterocycles. The number of carbonyl (C=O) groups is 2. The van der Waals surface area contributed by atoms with Crippen LogP contribution in [0.25, 0.3) is 0 Å². The number of rotatable bonds is 7. The first-order chi connectivity index (χ1) is 14.3. The van der Waals surface area contributed by atoms with E-state index >= 15 is 0 Å². The van der Waals surface area contributed by atoms with Crippen LogP contribution in [0.2, 0.25) is 5.02 Å². The fourth-order valence-corrected chi connectivity index (χ4v) is 4.51. The van der Waals surface area contributed by atoms with Gasteiger partial charge in [0.1, 0.15) is 5.75 Å². The minimum Gasteiger partial charge on any atom is -0.493 e. The SMILES string of the molecule is Cc1cc(OC[C@@]2(CC(N)=O)CCCN(C(=O)Cc3ccccc3Br)C2)ccc1Cl. The minimum absolute atomic E-state index is 0.0396. The number of benzene rings is 2. The first-order valence-electron chi connectivity index (χ1n) is 9.96. The van der Waals surface area contributed by atoms with Crippen LogP contribution in [0, 0.1) is 12.3 Å². The number of likely N-dealkylation sites (tertiary alicyclic amines) is 1. The van der Waals surface area contributed by atoms with Gasteiger partial charge in [0.25, 0.3) is 0 Å². The lowest BCUT2D eigenvalue weighted by atomic mass is 9.77. The third kappa shape index (κ3) is 5.76. The summed E-state index contributed by atoms with van der Waals surface area (Å²) in [6.07, 6.45) is 2.07. The summed E-state index contributed by atoms with van der Waals surface area (Å²) in [5.74, 6) is 0.348. The topological polar surface area (TPSA) is 72.6 Å². The fourth-order valence-electron chi connectivity index (χ4n) is 3.96. The van der Waals surface area contributed by atoms with E-state index in [0.29, 0.717) is 36.9 Å². The maximum Gasteiger partial charge on any atom is 0.227 e. The van der Waals surface area contributed by atoms with Gasteiger partial charge in [-0.1, -0.05) is 45.7 Å². The Hall–Kier alpha value is -2.05. The van der Waals surface area contributed by atoms with E-state index in [2.05, 4.69) is 15.9 Å². The van der Waals surface area contributed by atoms with Crippen molar-refractivity contribution in [1.29, 1.82) is 0 Å². The van der Waals surface area contributed by atoms with E-state index in [1.807, 2.05) is 48.2 Å². The Morgan fingerprint density at radius 2 is 2.03 bits per heavy atom. The number of nitrogens with zero attached hydrogens (tertiary/aromatic N) is 1. The van der Waals surface area contributed by atoms with Gasteiger partial charge in [0.2, 0.25) is 11.8 Å². The van der Waals surface area contributed by atoms with Crippen LogP contribution in [0.15, 0.2) is 46.9 Å². The Morgan fingerprint density at radius 3 is 2.73 bits per heavy atom. The Labute approximate surface area is 190 Å². The molecule has 1 aliphatic heterocycles. The predicted molar refractivity (Wildman–Crippen MR) is 122 cm³/mol. The number of nitrogens with two attached hydrogens (primary N) is 1. The molecule has 3 rings (SSSR count). The van der Waals surface area contributed by atoms with Crippen LogP contribution < -0.4 is 10.5 Å². The summed E-state index contributed by atoms with van der Waals surface area (Å²) in [5, 5.41) is 0.677. The zero-order valence-electron chi connectivity index (χ0n) is 17.0. The summed E-state index contributed by atoms with van der Waals surface area (Å²) in [4.78, 5) is 26.7. The molecule has 5 nitrogen and oxygen atoms in total. The van der Waals surface area contributed by atoms with Crippen molar-refractivity contribution in [2.24, 2.45) is 11.1 Å². The van der Waals surface area contributed by atoms with Crippen LogP contribution in [-0.4, -0.2) is 36.4 Å². The molecule has 2 N–H and O–H groups in total. The molecule has 2 amide bonds. The van der Waals surface area contributed by atoms with E-state index in [0.717, 1.165) is 28.4 Å². The molecule has 2 aromatic carbocycles. The molecule has 0 radical (unpaired) electrons. The van der Waals surface area contributed by atoms with Crippen molar-refractivity contribution in [2.45, 2.75) is 32.6 Å². The lowest BCUT2D eigenvalue weighted by Crippen LogP contribution is -2.50. The highest BCUT2D eigenvalue weighted by Gasteiger charge is 2.39. The van der Waals surface area contributed by atoms with Gasteiger partial charge in [0.15, 0.2) is 0 Å². The number of hydrogen-bond acceptors (Lipinski definition) is 3. The van der Waals surface area contributed by atoms with Crippen LogP contribution in [0.3, 0.4) is 0 Å². The molecule has 160 valence electrons. The largest absolute Gasteiger partial charge is 0.493 e. The molecule has 0 bridgehead atoms. The molecule has 30 heavy (non-hydrogen) atoms. The maximum atomic E-state index is 13.0. The van der Waals surface area contributed by atoms with Gasteiger partial charge in [-0.15, -0.1) is 0 Å². The summed E-state index contributed by atoms with van der Waals surface area (Å²) in [6.45, 7) is 3.35. The second-order valence-corrected chi connectivity index (χ2v) is 9.29.